The van der Waals surface area contributed by atoms with Crippen LogP contribution in [-0.4, -0.2) is 30.9 Å². The highest BCUT2D eigenvalue weighted by molar-refractivity contribution is 4.85. The standard InChI is InChI=1S/C6H12N4O/c1-6(2,11)4-5-7-9-10(3)8-5/h11H,4H2,1-3H3. The van der Waals surface area contributed by atoms with E-state index in [1.54, 1.807) is 20.9 Å². The van der Waals surface area contributed by atoms with Gasteiger partial charge in [-0.05, 0) is 19.1 Å². The molecule has 0 bridgehead atoms. The summed E-state index contributed by atoms with van der Waals surface area (Å²) in [5.41, 5.74) is -0.761. The third-order valence-corrected chi connectivity index (χ3v) is 1.14. The van der Waals surface area contributed by atoms with Crippen molar-refractivity contribution in [2.45, 2.75) is 25.9 Å². The Morgan fingerprint density at radius 3 is 2.55 bits per heavy atom. The number of hydrogen-bond donors (Lipinski definition) is 1. The van der Waals surface area contributed by atoms with Crippen LogP contribution in [0.5, 0.6) is 0 Å². The van der Waals surface area contributed by atoms with Gasteiger partial charge >= 0.3 is 0 Å². The van der Waals surface area contributed by atoms with E-state index in [9.17, 15) is 5.11 Å². The molecule has 0 fully saturated rings. The molecule has 0 aromatic carbocycles. The second kappa shape index (κ2) is 2.58. The Kier molecular flexibility index (Phi) is 1.90. The maximum atomic E-state index is 9.36. The molecule has 0 saturated carbocycles. The maximum absolute atomic E-state index is 9.36. The molecule has 0 aliphatic heterocycles. The molecule has 5 heteroatoms. The zero-order chi connectivity index (χ0) is 8.48. The molecular formula is C6H12N4O. The Morgan fingerprint density at radius 1 is 1.55 bits per heavy atom. The lowest BCUT2D eigenvalue weighted by molar-refractivity contribution is 0.0787. The molecule has 0 aliphatic carbocycles. The topological polar surface area (TPSA) is 63.8 Å². The van der Waals surface area contributed by atoms with Gasteiger partial charge in [0.1, 0.15) is 0 Å². The van der Waals surface area contributed by atoms with Gasteiger partial charge in [0.25, 0.3) is 0 Å². The van der Waals surface area contributed by atoms with Crippen molar-refractivity contribution in [1.82, 2.24) is 20.2 Å². The molecule has 0 aliphatic rings. The lowest BCUT2D eigenvalue weighted by atomic mass is 10.1. The van der Waals surface area contributed by atoms with Crippen molar-refractivity contribution in [3.8, 4) is 0 Å². The lowest BCUT2D eigenvalue weighted by Gasteiger charge is -2.12. The van der Waals surface area contributed by atoms with Crippen LogP contribution in [0, 0.1) is 0 Å². The van der Waals surface area contributed by atoms with Gasteiger partial charge in [0.05, 0.1) is 12.6 Å². The fraction of sp³-hybridized carbons (Fsp3) is 0.833. The summed E-state index contributed by atoms with van der Waals surface area (Å²) in [6, 6.07) is 0. The van der Waals surface area contributed by atoms with E-state index in [2.05, 4.69) is 15.4 Å². The summed E-state index contributed by atoms with van der Waals surface area (Å²) in [4.78, 5) is 1.38. The Balaban J connectivity index is 2.65. The molecule has 0 amide bonds. The lowest BCUT2D eigenvalue weighted by Crippen LogP contribution is -2.22. The van der Waals surface area contributed by atoms with Crippen LogP contribution < -0.4 is 0 Å². The van der Waals surface area contributed by atoms with Crippen molar-refractivity contribution < 1.29 is 5.11 Å². The molecule has 1 aromatic heterocycles. The number of hydrogen-bond acceptors (Lipinski definition) is 4. The number of aromatic nitrogens is 4. The van der Waals surface area contributed by atoms with Gasteiger partial charge in [0.15, 0.2) is 5.82 Å². The molecule has 11 heavy (non-hydrogen) atoms. The van der Waals surface area contributed by atoms with Crippen molar-refractivity contribution in [3.63, 3.8) is 0 Å². The largest absolute Gasteiger partial charge is 0.390 e. The molecule has 1 aromatic rings. The Morgan fingerprint density at radius 2 is 2.18 bits per heavy atom. The van der Waals surface area contributed by atoms with E-state index in [4.69, 9.17) is 0 Å². The van der Waals surface area contributed by atoms with E-state index >= 15 is 0 Å². The highest BCUT2D eigenvalue weighted by atomic mass is 16.3. The van der Waals surface area contributed by atoms with Gasteiger partial charge in [-0.1, -0.05) is 0 Å². The van der Waals surface area contributed by atoms with E-state index in [1.165, 1.54) is 4.80 Å². The van der Waals surface area contributed by atoms with Crippen LogP contribution in [0.2, 0.25) is 0 Å². The van der Waals surface area contributed by atoms with Gasteiger partial charge in [0.2, 0.25) is 0 Å². The Labute approximate surface area is 65.0 Å². The van der Waals surface area contributed by atoms with E-state index in [0.717, 1.165) is 0 Å². The SMILES string of the molecule is Cn1nnc(CC(C)(C)O)n1. The van der Waals surface area contributed by atoms with Crippen LogP contribution >= 0.6 is 0 Å². The van der Waals surface area contributed by atoms with Gasteiger partial charge in [-0.15, -0.1) is 10.2 Å². The second-order valence-corrected chi connectivity index (χ2v) is 3.18. The van der Waals surface area contributed by atoms with E-state index in [-0.39, 0.29) is 0 Å². The normalized spacial score (nSPS) is 12.0. The van der Waals surface area contributed by atoms with Crippen LogP contribution in [0.3, 0.4) is 0 Å². The van der Waals surface area contributed by atoms with Crippen LogP contribution in [0.4, 0.5) is 0 Å². The highest BCUT2D eigenvalue weighted by Crippen LogP contribution is 2.06. The molecule has 1 heterocycles. The summed E-state index contributed by atoms with van der Waals surface area (Å²) >= 11 is 0. The van der Waals surface area contributed by atoms with Crippen molar-refractivity contribution >= 4 is 0 Å². The number of tetrazole rings is 1. The highest BCUT2D eigenvalue weighted by Gasteiger charge is 2.16. The Bertz CT molecular complexity index is 237. The molecule has 0 unspecified atom stereocenters. The fourth-order valence-corrected chi connectivity index (χ4v) is 0.781. The maximum Gasteiger partial charge on any atom is 0.177 e. The smallest absolute Gasteiger partial charge is 0.177 e. The number of aryl methyl sites for hydroxylation is 1. The predicted octanol–water partition coefficient (Wildman–Crippen LogP) is -0.477. The first-order chi connectivity index (χ1) is 4.97. The van der Waals surface area contributed by atoms with Crippen LogP contribution in [0.1, 0.15) is 19.7 Å². The van der Waals surface area contributed by atoms with Gasteiger partial charge < -0.3 is 5.11 Å². The van der Waals surface area contributed by atoms with Crippen LogP contribution in [0.25, 0.3) is 0 Å². The van der Waals surface area contributed by atoms with E-state index < -0.39 is 5.60 Å². The van der Waals surface area contributed by atoms with Crippen molar-refractivity contribution in [2.24, 2.45) is 7.05 Å². The minimum atomic E-state index is -0.761. The van der Waals surface area contributed by atoms with Gasteiger partial charge in [0, 0.05) is 6.42 Å². The van der Waals surface area contributed by atoms with Gasteiger partial charge in [-0.2, -0.15) is 4.80 Å². The third-order valence-electron chi connectivity index (χ3n) is 1.14. The number of aliphatic hydroxyl groups is 1. The van der Waals surface area contributed by atoms with Crippen LogP contribution in [-0.2, 0) is 13.5 Å². The van der Waals surface area contributed by atoms with Gasteiger partial charge in [-0.25, -0.2) is 0 Å². The van der Waals surface area contributed by atoms with E-state index in [0.29, 0.717) is 12.2 Å². The van der Waals surface area contributed by atoms with Crippen molar-refractivity contribution in [1.29, 1.82) is 0 Å². The first kappa shape index (κ1) is 8.13. The minimum Gasteiger partial charge on any atom is -0.390 e. The molecule has 0 spiro atoms. The average Bonchev–Trinajstić information content (AvgIpc) is 2.10. The molecule has 62 valence electrons. The summed E-state index contributed by atoms with van der Waals surface area (Å²) in [7, 11) is 1.70. The number of nitrogens with zero attached hydrogens (tertiary/aromatic N) is 4. The predicted molar refractivity (Wildman–Crippen MR) is 38.8 cm³/mol. The third kappa shape index (κ3) is 2.63. The monoisotopic (exact) mass is 156 g/mol. The van der Waals surface area contributed by atoms with Gasteiger partial charge in [-0.3, -0.25) is 0 Å². The summed E-state index contributed by atoms with van der Waals surface area (Å²) in [5, 5.41) is 20.7. The zero-order valence-electron chi connectivity index (χ0n) is 6.94. The fourth-order valence-electron chi connectivity index (χ4n) is 0.781. The van der Waals surface area contributed by atoms with Crippen LogP contribution in [0.15, 0.2) is 0 Å². The summed E-state index contributed by atoms with van der Waals surface area (Å²) in [6.45, 7) is 3.42. The summed E-state index contributed by atoms with van der Waals surface area (Å²) in [5.74, 6) is 0.569. The summed E-state index contributed by atoms with van der Waals surface area (Å²) in [6.07, 6.45) is 0.431. The minimum absolute atomic E-state index is 0.431. The number of rotatable bonds is 2. The molecule has 1 rings (SSSR count). The quantitative estimate of drug-likeness (QED) is 0.628. The summed E-state index contributed by atoms with van der Waals surface area (Å²) < 4.78 is 0. The molecular weight excluding hydrogens is 144 g/mol. The van der Waals surface area contributed by atoms with Crippen molar-refractivity contribution in [3.05, 3.63) is 5.82 Å². The zero-order valence-corrected chi connectivity index (χ0v) is 6.94. The second-order valence-electron chi connectivity index (χ2n) is 3.18. The molecule has 5 nitrogen and oxygen atoms in total. The molecule has 0 atom stereocenters. The van der Waals surface area contributed by atoms with E-state index in [1.807, 2.05) is 0 Å². The first-order valence-electron chi connectivity index (χ1n) is 3.43. The first-order valence-corrected chi connectivity index (χ1v) is 3.43. The molecule has 0 saturated heterocycles. The van der Waals surface area contributed by atoms with Crippen molar-refractivity contribution in [2.75, 3.05) is 0 Å². The average molecular weight is 156 g/mol. The molecule has 0 radical (unpaired) electrons. The molecule has 1 N–H and O–H groups in total. The Hall–Kier alpha value is -0.970.